The van der Waals surface area contributed by atoms with E-state index >= 15 is 0 Å². The minimum Gasteiger partial charge on any atom is -0.506 e. The van der Waals surface area contributed by atoms with Crippen LogP contribution < -0.4 is 5.32 Å². The van der Waals surface area contributed by atoms with Crippen molar-refractivity contribution < 1.29 is 9.90 Å². The molecule has 1 amide bonds. The van der Waals surface area contributed by atoms with Gasteiger partial charge in [0.2, 0.25) is 0 Å². The fraction of sp³-hybridized carbons (Fsp3) is 0.333. The number of hydrogen-bond donors (Lipinski definition) is 2. The molecule has 0 aliphatic carbocycles. The van der Waals surface area contributed by atoms with E-state index in [0.717, 1.165) is 6.42 Å². The van der Waals surface area contributed by atoms with Gasteiger partial charge >= 0.3 is 0 Å². The van der Waals surface area contributed by atoms with E-state index in [2.05, 4.69) is 16.2 Å². The summed E-state index contributed by atoms with van der Waals surface area (Å²) in [7, 11) is 0. The molecule has 16 heavy (non-hydrogen) atoms. The van der Waals surface area contributed by atoms with Gasteiger partial charge in [-0.05, 0) is 12.5 Å². The molecule has 0 fully saturated rings. The fourth-order valence-corrected chi connectivity index (χ4v) is 1.26. The second kappa shape index (κ2) is 5.76. The van der Waals surface area contributed by atoms with Crippen LogP contribution in [0.5, 0.6) is 5.75 Å². The van der Waals surface area contributed by atoms with E-state index in [1.807, 2.05) is 6.92 Å². The van der Waals surface area contributed by atoms with Crippen LogP contribution in [0.2, 0.25) is 0 Å². The van der Waals surface area contributed by atoms with Crippen LogP contribution in [-0.4, -0.2) is 22.0 Å². The molecule has 1 heterocycles. The number of nitrogens with one attached hydrogen (secondary N) is 1. The van der Waals surface area contributed by atoms with E-state index in [1.165, 1.54) is 18.5 Å². The first-order valence-electron chi connectivity index (χ1n) is 5.05. The zero-order chi connectivity index (χ0) is 12.0. The second-order valence-electron chi connectivity index (χ2n) is 3.42. The molecule has 2 N–H and O–H groups in total. The van der Waals surface area contributed by atoms with Crippen molar-refractivity contribution in [2.75, 3.05) is 0 Å². The molecule has 1 aromatic heterocycles. The summed E-state index contributed by atoms with van der Waals surface area (Å²) in [4.78, 5) is 15.4. The highest BCUT2D eigenvalue weighted by molar-refractivity contribution is 5.94. The molecule has 0 saturated heterocycles. The molecule has 4 heteroatoms. The van der Waals surface area contributed by atoms with E-state index in [9.17, 15) is 9.90 Å². The molecule has 0 bridgehead atoms. The van der Waals surface area contributed by atoms with Gasteiger partial charge in [0, 0.05) is 18.7 Å². The highest BCUT2D eigenvalue weighted by Gasteiger charge is 2.11. The van der Waals surface area contributed by atoms with Crippen molar-refractivity contribution in [2.24, 2.45) is 0 Å². The smallest absolute Gasteiger partial charge is 0.253 e. The number of pyridine rings is 1. The Morgan fingerprint density at radius 3 is 3.00 bits per heavy atom. The van der Waals surface area contributed by atoms with Crippen LogP contribution in [0.1, 0.15) is 30.1 Å². The van der Waals surface area contributed by atoms with Gasteiger partial charge in [0.25, 0.3) is 5.91 Å². The molecule has 0 aromatic carbocycles. The van der Waals surface area contributed by atoms with E-state index in [1.54, 1.807) is 0 Å². The average Bonchev–Trinajstić information content (AvgIpc) is 2.28. The van der Waals surface area contributed by atoms with E-state index in [0.29, 0.717) is 12.0 Å². The summed E-state index contributed by atoms with van der Waals surface area (Å²) in [5.74, 6) is 2.20. The maximum absolute atomic E-state index is 11.7. The standard InChI is InChI=1S/C12H14N2O2/c1-3-5-10(4-2)14-12(16)9-6-11(15)8-13-7-9/h1,6-8,10,15H,4-5H2,2H3,(H,14,16). The first kappa shape index (κ1) is 12.1. The van der Waals surface area contributed by atoms with Gasteiger partial charge in [-0.1, -0.05) is 6.92 Å². The Labute approximate surface area is 94.7 Å². The summed E-state index contributed by atoms with van der Waals surface area (Å²) in [6.45, 7) is 1.95. The van der Waals surface area contributed by atoms with Crippen molar-refractivity contribution >= 4 is 5.91 Å². The molecule has 0 spiro atoms. The Morgan fingerprint density at radius 2 is 2.44 bits per heavy atom. The molecule has 1 atom stereocenters. The highest BCUT2D eigenvalue weighted by atomic mass is 16.3. The second-order valence-corrected chi connectivity index (χ2v) is 3.42. The third-order valence-electron chi connectivity index (χ3n) is 2.18. The SMILES string of the molecule is C#CCC(CC)NC(=O)c1cncc(O)c1. The molecule has 0 aliphatic heterocycles. The van der Waals surface area contributed by atoms with Crippen LogP contribution in [0, 0.1) is 12.3 Å². The molecule has 0 aliphatic rings. The quantitative estimate of drug-likeness (QED) is 0.749. The van der Waals surface area contributed by atoms with Gasteiger partial charge in [-0.3, -0.25) is 9.78 Å². The number of nitrogens with zero attached hydrogens (tertiary/aromatic N) is 1. The maximum Gasteiger partial charge on any atom is 0.253 e. The topological polar surface area (TPSA) is 62.2 Å². The summed E-state index contributed by atoms with van der Waals surface area (Å²) in [5.41, 5.74) is 0.329. The molecular weight excluding hydrogens is 204 g/mol. The number of amides is 1. The number of terminal acetylenes is 1. The lowest BCUT2D eigenvalue weighted by atomic mass is 10.1. The van der Waals surface area contributed by atoms with E-state index in [-0.39, 0.29) is 17.7 Å². The van der Waals surface area contributed by atoms with Crippen LogP contribution in [-0.2, 0) is 0 Å². The molecular formula is C12H14N2O2. The van der Waals surface area contributed by atoms with Crippen molar-refractivity contribution in [3.05, 3.63) is 24.0 Å². The maximum atomic E-state index is 11.7. The third kappa shape index (κ3) is 3.28. The summed E-state index contributed by atoms with van der Waals surface area (Å²) >= 11 is 0. The molecule has 1 rings (SSSR count). The van der Waals surface area contributed by atoms with Crippen LogP contribution in [0.4, 0.5) is 0 Å². The fourth-order valence-electron chi connectivity index (χ4n) is 1.26. The molecule has 1 unspecified atom stereocenters. The lowest BCUT2D eigenvalue weighted by Gasteiger charge is -2.13. The third-order valence-corrected chi connectivity index (χ3v) is 2.18. The number of carbonyl (C=O) groups is 1. The van der Waals surface area contributed by atoms with Crippen molar-refractivity contribution in [1.82, 2.24) is 10.3 Å². The molecule has 4 nitrogen and oxygen atoms in total. The Kier molecular flexibility index (Phi) is 4.34. The lowest BCUT2D eigenvalue weighted by molar-refractivity contribution is 0.0936. The van der Waals surface area contributed by atoms with Gasteiger partial charge in [-0.2, -0.15) is 0 Å². The van der Waals surface area contributed by atoms with Gasteiger partial charge in [0.15, 0.2) is 0 Å². The van der Waals surface area contributed by atoms with Crippen molar-refractivity contribution in [3.63, 3.8) is 0 Å². The largest absolute Gasteiger partial charge is 0.506 e. The van der Waals surface area contributed by atoms with Crippen LogP contribution in [0.25, 0.3) is 0 Å². The van der Waals surface area contributed by atoms with Gasteiger partial charge in [0.1, 0.15) is 5.75 Å². The summed E-state index contributed by atoms with van der Waals surface area (Å²) in [5, 5.41) is 12.0. The zero-order valence-electron chi connectivity index (χ0n) is 9.10. The normalized spacial score (nSPS) is 11.5. The van der Waals surface area contributed by atoms with Crippen LogP contribution in [0.15, 0.2) is 18.5 Å². The number of rotatable bonds is 4. The minimum atomic E-state index is -0.273. The van der Waals surface area contributed by atoms with Crippen LogP contribution in [0.3, 0.4) is 0 Å². The molecule has 0 radical (unpaired) electrons. The zero-order valence-corrected chi connectivity index (χ0v) is 9.10. The molecule has 0 saturated carbocycles. The number of aromatic hydroxyl groups is 1. The van der Waals surface area contributed by atoms with E-state index < -0.39 is 0 Å². The first-order valence-corrected chi connectivity index (χ1v) is 5.05. The Balaban J connectivity index is 2.68. The van der Waals surface area contributed by atoms with Gasteiger partial charge < -0.3 is 10.4 Å². The summed E-state index contributed by atoms with van der Waals surface area (Å²) in [6.07, 6.45) is 9.12. The summed E-state index contributed by atoms with van der Waals surface area (Å²) in [6, 6.07) is 1.32. The summed E-state index contributed by atoms with van der Waals surface area (Å²) < 4.78 is 0. The molecule has 84 valence electrons. The number of aromatic nitrogens is 1. The van der Waals surface area contributed by atoms with Crippen molar-refractivity contribution in [3.8, 4) is 18.1 Å². The monoisotopic (exact) mass is 218 g/mol. The van der Waals surface area contributed by atoms with E-state index in [4.69, 9.17) is 6.42 Å². The average molecular weight is 218 g/mol. The Bertz CT molecular complexity index is 410. The van der Waals surface area contributed by atoms with Crippen LogP contribution >= 0.6 is 0 Å². The van der Waals surface area contributed by atoms with Gasteiger partial charge in [0.05, 0.1) is 11.8 Å². The number of hydrogen-bond acceptors (Lipinski definition) is 3. The lowest BCUT2D eigenvalue weighted by Crippen LogP contribution is -2.34. The Morgan fingerprint density at radius 1 is 1.69 bits per heavy atom. The van der Waals surface area contributed by atoms with Crippen molar-refractivity contribution in [1.29, 1.82) is 0 Å². The predicted octanol–water partition coefficient (Wildman–Crippen LogP) is 1.32. The first-order chi connectivity index (χ1) is 7.67. The number of carbonyl (C=O) groups excluding carboxylic acids is 1. The minimum absolute atomic E-state index is 0.0300. The van der Waals surface area contributed by atoms with Crippen molar-refractivity contribution in [2.45, 2.75) is 25.8 Å². The molecule has 1 aromatic rings. The highest BCUT2D eigenvalue weighted by Crippen LogP contribution is 2.09. The van der Waals surface area contributed by atoms with Gasteiger partial charge in [-0.15, -0.1) is 12.3 Å². The predicted molar refractivity (Wildman–Crippen MR) is 60.9 cm³/mol. The van der Waals surface area contributed by atoms with Gasteiger partial charge in [-0.25, -0.2) is 0 Å². The Hall–Kier alpha value is -2.02.